The van der Waals surface area contributed by atoms with E-state index in [-0.39, 0.29) is 12.5 Å². The minimum atomic E-state index is -0.375. The lowest BCUT2D eigenvalue weighted by molar-refractivity contribution is -0.123. The Hall–Kier alpha value is -2.48. The molecule has 0 aliphatic rings. The van der Waals surface area contributed by atoms with Crippen LogP contribution in [0.2, 0.25) is 0 Å². The highest BCUT2D eigenvalue weighted by Crippen LogP contribution is 2.27. The van der Waals surface area contributed by atoms with Gasteiger partial charge in [-0.25, -0.2) is 5.43 Å². The van der Waals surface area contributed by atoms with Crippen LogP contribution in [0.5, 0.6) is 11.5 Å². The first-order chi connectivity index (χ1) is 11.5. The van der Waals surface area contributed by atoms with Crippen molar-refractivity contribution in [1.29, 1.82) is 0 Å². The van der Waals surface area contributed by atoms with Gasteiger partial charge in [-0.05, 0) is 40.2 Å². The van der Waals surface area contributed by atoms with E-state index in [0.717, 1.165) is 10.2 Å². The van der Waals surface area contributed by atoms with Crippen LogP contribution in [0.25, 0.3) is 0 Å². The molecule has 0 unspecified atom stereocenters. The summed E-state index contributed by atoms with van der Waals surface area (Å²) < 4.78 is 16.7. The Bertz CT molecular complexity index is 711. The lowest BCUT2D eigenvalue weighted by Crippen LogP contribution is -2.24. The number of nitrogens with zero attached hydrogens (tertiary/aromatic N) is 2. The van der Waals surface area contributed by atoms with Crippen molar-refractivity contribution in [3.05, 3.63) is 40.6 Å². The number of anilines is 1. The van der Waals surface area contributed by atoms with Gasteiger partial charge in [-0.2, -0.15) is 5.10 Å². The molecule has 2 aromatic rings. The molecule has 7 nitrogen and oxygen atoms in total. The fraction of sp³-hybridized carbons (Fsp3) is 0.250. The third-order valence-electron chi connectivity index (χ3n) is 2.90. The summed E-state index contributed by atoms with van der Waals surface area (Å²) in [7, 11) is 5.31. The highest BCUT2D eigenvalue weighted by molar-refractivity contribution is 9.10. The Labute approximate surface area is 148 Å². The number of nitrogens with one attached hydrogen (secondary N) is 1. The zero-order chi connectivity index (χ0) is 17.5. The minimum Gasteiger partial charge on any atom is -0.497 e. The molecule has 0 saturated heterocycles. The van der Waals surface area contributed by atoms with Gasteiger partial charge in [0.1, 0.15) is 11.5 Å². The van der Waals surface area contributed by atoms with Gasteiger partial charge in [-0.15, -0.1) is 0 Å². The Morgan fingerprint density at radius 2 is 2.00 bits per heavy atom. The molecule has 1 N–H and O–H groups in total. The molecule has 0 fully saturated rings. The maximum Gasteiger partial charge on any atom is 0.277 e. The number of amides is 1. The van der Waals surface area contributed by atoms with Crippen molar-refractivity contribution < 1.29 is 18.7 Å². The molecule has 2 rings (SSSR count). The first-order valence-corrected chi connectivity index (χ1v) is 7.84. The standard InChI is InChI=1S/C16H18BrN3O4/c1-20(2)16-14(17)8-13(24-16)9-18-19-15(21)10-23-12-6-4-11(22-3)5-7-12/h4-9H,10H2,1-3H3,(H,19,21)/b18-9+. The minimum absolute atomic E-state index is 0.144. The number of rotatable bonds is 7. The van der Waals surface area contributed by atoms with Gasteiger partial charge in [-0.3, -0.25) is 4.79 Å². The Morgan fingerprint density at radius 1 is 1.33 bits per heavy atom. The van der Waals surface area contributed by atoms with Crippen LogP contribution in [0.4, 0.5) is 5.88 Å². The number of benzene rings is 1. The molecule has 0 spiro atoms. The summed E-state index contributed by atoms with van der Waals surface area (Å²) in [5, 5.41) is 3.84. The van der Waals surface area contributed by atoms with Gasteiger partial charge < -0.3 is 18.8 Å². The van der Waals surface area contributed by atoms with Crippen molar-refractivity contribution in [1.82, 2.24) is 5.43 Å². The molecule has 1 heterocycles. The molecular formula is C16H18BrN3O4. The zero-order valence-electron chi connectivity index (χ0n) is 13.6. The predicted octanol–water partition coefficient (Wildman–Crippen LogP) is 2.65. The van der Waals surface area contributed by atoms with Crippen molar-refractivity contribution in [3.63, 3.8) is 0 Å². The average Bonchev–Trinajstić information content (AvgIpc) is 2.94. The summed E-state index contributed by atoms with van der Waals surface area (Å²) >= 11 is 3.39. The van der Waals surface area contributed by atoms with Gasteiger partial charge in [-0.1, -0.05) is 0 Å². The van der Waals surface area contributed by atoms with Gasteiger partial charge >= 0.3 is 0 Å². The Balaban J connectivity index is 1.80. The first-order valence-electron chi connectivity index (χ1n) is 7.05. The first kappa shape index (κ1) is 17.9. The third kappa shape index (κ3) is 5.02. The van der Waals surface area contributed by atoms with Gasteiger partial charge in [0.05, 0.1) is 17.8 Å². The van der Waals surface area contributed by atoms with Gasteiger partial charge in [0.25, 0.3) is 5.91 Å². The van der Waals surface area contributed by atoms with E-state index >= 15 is 0 Å². The molecule has 1 amide bonds. The van der Waals surface area contributed by atoms with Crippen LogP contribution in [0.15, 0.2) is 44.3 Å². The summed E-state index contributed by atoms with van der Waals surface area (Å²) in [5.74, 6) is 2.10. The van der Waals surface area contributed by atoms with Crippen LogP contribution in [0, 0.1) is 0 Å². The SMILES string of the molecule is COc1ccc(OCC(=O)N/N=C/c2cc(Br)c(N(C)C)o2)cc1. The fourth-order valence-corrected chi connectivity index (χ4v) is 2.43. The van der Waals surface area contributed by atoms with E-state index in [0.29, 0.717) is 17.4 Å². The normalized spacial score (nSPS) is 10.7. The molecule has 0 radical (unpaired) electrons. The van der Waals surface area contributed by atoms with Crippen molar-refractivity contribution >= 4 is 33.9 Å². The third-order valence-corrected chi connectivity index (χ3v) is 3.47. The van der Waals surface area contributed by atoms with E-state index in [1.165, 1.54) is 6.21 Å². The monoisotopic (exact) mass is 395 g/mol. The molecule has 0 bridgehead atoms. The van der Waals surface area contributed by atoms with Crippen molar-refractivity contribution in [2.45, 2.75) is 0 Å². The largest absolute Gasteiger partial charge is 0.497 e. The maximum absolute atomic E-state index is 11.7. The van der Waals surface area contributed by atoms with E-state index in [4.69, 9.17) is 13.9 Å². The van der Waals surface area contributed by atoms with Gasteiger partial charge in [0.2, 0.25) is 5.88 Å². The molecule has 1 aromatic heterocycles. The van der Waals surface area contributed by atoms with E-state index in [1.54, 1.807) is 37.4 Å². The smallest absolute Gasteiger partial charge is 0.277 e. The number of furan rings is 1. The molecular weight excluding hydrogens is 378 g/mol. The van der Waals surface area contributed by atoms with E-state index < -0.39 is 0 Å². The molecule has 0 saturated carbocycles. The quantitative estimate of drug-likeness (QED) is 0.575. The molecule has 8 heteroatoms. The van der Waals surface area contributed by atoms with Gasteiger partial charge in [0, 0.05) is 20.2 Å². The summed E-state index contributed by atoms with van der Waals surface area (Å²) in [6.07, 6.45) is 1.42. The fourth-order valence-electron chi connectivity index (χ4n) is 1.77. The number of carbonyl (C=O) groups excluding carboxylic acids is 1. The number of carbonyl (C=O) groups is 1. The van der Waals surface area contributed by atoms with Gasteiger partial charge in [0.15, 0.2) is 12.4 Å². The van der Waals surface area contributed by atoms with Crippen LogP contribution in [-0.4, -0.2) is 39.9 Å². The number of hydrogen-bond acceptors (Lipinski definition) is 6. The van der Waals surface area contributed by atoms with Crippen molar-refractivity contribution in [3.8, 4) is 11.5 Å². The molecule has 0 aliphatic carbocycles. The van der Waals surface area contributed by atoms with Crippen LogP contribution >= 0.6 is 15.9 Å². The average molecular weight is 396 g/mol. The number of ether oxygens (including phenoxy) is 2. The summed E-state index contributed by atoms with van der Waals surface area (Å²) in [6, 6.07) is 8.71. The van der Waals surface area contributed by atoms with Crippen molar-refractivity contribution in [2.75, 3.05) is 32.7 Å². The molecule has 24 heavy (non-hydrogen) atoms. The number of methoxy groups -OCH3 is 1. The second-order valence-corrected chi connectivity index (χ2v) is 5.81. The van der Waals surface area contributed by atoms with E-state index in [1.807, 2.05) is 19.0 Å². The summed E-state index contributed by atoms with van der Waals surface area (Å²) in [6.45, 7) is -0.144. The molecule has 0 atom stereocenters. The van der Waals surface area contributed by atoms with Crippen LogP contribution in [-0.2, 0) is 4.79 Å². The van der Waals surface area contributed by atoms with E-state index in [2.05, 4.69) is 26.5 Å². The number of halogens is 1. The summed E-state index contributed by atoms with van der Waals surface area (Å²) in [5.41, 5.74) is 2.37. The van der Waals surface area contributed by atoms with Crippen LogP contribution < -0.4 is 19.8 Å². The predicted molar refractivity (Wildman–Crippen MR) is 95.0 cm³/mol. The second kappa shape index (κ2) is 8.39. The highest BCUT2D eigenvalue weighted by atomic mass is 79.9. The van der Waals surface area contributed by atoms with Crippen LogP contribution in [0.1, 0.15) is 5.76 Å². The lowest BCUT2D eigenvalue weighted by Gasteiger charge is -2.07. The zero-order valence-corrected chi connectivity index (χ0v) is 15.2. The molecule has 1 aromatic carbocycles. The number of hydrazone groups is 1. The van der Waals surface area contributed by atoms with Crippen molar-refractivity contribution in [2.24, 2.45) is 5.10 Å². The second-order valence-electron chi connectivity index (χ2n) is 4.95. The summed E-state index contributed by atoms with van der Waals surface area (Å²) in [4.78, 5) is 13.5. The Morgan fingerprint density at radius 3 is 2.58 bits per heavy atom. The highest BCUT2D eigenvalue weighted by Gasteiger charge is 2.09. The maximum atomic E-state index is 11.7. The van der Waals surface area contributed by atoms with E-state index in [9.17, 15) is 4.79 Å². The van der Waals surface area contributed by atoms with Crippen LogP contribution in [0.3, 0.4) is 0 Å². The molecule has 128 valence electrons. The lowest BCUT2D eigenvalue weighted by atomic mass is 10.3. The molecule has 0 aliphatic heterocycles. The topological polar surface area (TPSA) is 76.3 Å². The Kier molecular flexibility index (Phi) is 6.25. The number of hydrogen-bond donors (Lipinski definition) is 1.